The predicted octanol–water partition coefficient (Wildman–Crippen LogP) is 1.65. The number of nitrogens with one attached hydrogen (secondary N) is 2. The van der Waals surface area contributed by atoms with Gasteiger partial charge in [-0.2, -0.15) is 5.10 Å². The van der Waals surface area contributed by atoms with Crippen molar-refractivity contribution in [2.45, 2.75) is 12.5 Å². The van der Waals surface area contributed by atoms with E-state index in [2.05, 4.69) is 15.5 Å². The molecule has 2 heterocycles. The van der Waals surface area contributed by atoms with E-state index in [4.69, 9.17) is 0 Å². The first-order valence-corrected chi connectivity index (χ1v) is 6.94. The minimum absolute atomic E-state index is 0.0724. The Bertz CT molecular complexity index is 631. The number of rotatable bonds is 3. The molecule has 1 fully saturated rings. The zero-order valence-electron chi connectivity index (χ0n) is 11.8. The fraction of sp³-hybridized carbons (Fsp3) is 0.333. The summed E-state index contributed by atoms with van der Waals surface area (Å²) in [6.07, 6.45) is 2.48. The zero-order chi connectivity index (χ0) is 14.8. The van der Waals surface area contributed by atoms with E-state index in [-0.39, 0.29) is 17.8 Å². The van der Waals surface area contributed by atoms with Crippen molar-refractivity contribution < 1.29 is 9.18 Å². The molecule has 1 amide bonds. The molecule has 1 aliphatic rings. The second-order valence-corrected chi connectivity index (χ2v) is 5.23. The third-order valence-electron chi connectivity index (χ3n) is 3.91. The molecule has 0 radical (unpaired) electrons. The summed E-state index contributed by atoms with van der Waals surface area (Å²) >= 11 is 0. The molecule has 0 aliphatic carbocycles. The zero-order valence-corrected chi connectivity index (χ0v) is 11.8. The summed E-state index contributed by atoms with van der Waals surface area (Å²) in [6.45, 7) is 1.74. The van der Waals surface area contributed by atoms with Gasteiger partial charge in [0.15, 0.2) is 0 Å². The number of benzene rings is 1. The molecule has 110 valence electrons. The van der Waals surface area contributed by atoms with Crippen LogP contribution < -0.4 is 5.32 Å². The van der Waals surface area contributed by atoms with Crippen LogP contribution in [0.4, 0.5) is 4.39 Å². The first-order chi connectivity index (χ1) is 10.2. The average molecular weight is 288 g/mol. The lowest BCUT2D eigenvalue weighted by molar-refractivity contribution is 0.0744. The number of likely N-dealkylation sites (N-methyl/N-ethyl adjacent to an activating group) is 1. The maximum atomic E-state index is 13.0. The lowest BCUT2D eigenvalue weighted by Gasteiger charge is -2.23. The highest BCUT2D eigenvalue weighted by molar-refractivity contribution is 5.99. The van der Waals surface area contributed by atoms with E-state index in [1.807, 2.05) is 0 Å². The van der Waals surface area contributed by atoms with Gasteiger partial charge in [-0.15, -0.1) is 0 Å². The molecule has 5 nitrogen and oxygen atoms in total. The Morgan fingerprint density at radius 1 is 1.38 bits per heavy atom. The largest absolute Gasteiger partial charge is 0.337 e. The normalized spacial score (nSPS) is 17.9. The van der Waals surface area contributed by atoms with Crippen LogP contribution in [0.1, 0.15) is 16.8 Å². The number of carbonyl (C=O) groups excluding carboxylic acids is 1. The van der Waals surface area contributed by atoms with Crippen molar-refractivity contribution in [1.29, 1.82) is 0 Å². The smallest absolute Gasteiger partial charge is 0.257 e. The number of aromatic nitrogens is 2. The van der Waals surface area contributed by atoms with Crippen molar-refractivity contribution in [3.63, 3.8) is 0 Å². The van der Waals surface area contributed by atoms with Crippen LogP contribution in [0.25, 0.3) is 11.3 Å². The van der Waals surface area contributed by atoms with Crippen LogP contribution in [0, 0.1) is 5.82 Å². The molecule has 2 N–H and O–H groups in total. The summed E-state index contributed by atoms with van der Waals surface area (Å²) in [5.74, 6) is -0.378. The van der Waals surface area contributed by atoms with Crippen LogP contribution in [-0.2, 0) is 0 Å². The standard InChI is InChI=1S/C15H17FN4O/c1-20(12-6-7-17-8-12)15(21)13-9-18-19-14(13)10-2-4-11(16)5-3-10/h2-5,9,12,17H,6-8H2,1H3,(H,18,19). The molecule has 3 rings (SSSR count). The minimum atomic E-state index is -0.305. The number of amides is 1. The maximum absolute atomic E-state index is 13.0. The van der Waals surface area contributed by atoms with Crippen LogP contribution in [0.15, 0.2) is 30.5 Å². The van der Waals surface area contributed by atoms with Crippen molar-refractivity contribution in [3.05, 3.63) is 41.8 Å². The number of nitrogens with zero attached hydrogens (tertiary/aromatic N) is 2. The quantitative estimate of drug-likeness (QED) is 0.903. The first kappa shape index (κ1) is 13.8. The van der Waals surface area contributed by atoms with Gasteiger partial charge in [-0.3, -0.25) is 9.89 Å². The molecule has 0 saturated carbocycles. The minimum Gasteiger partial charge on any atom is -0.337 e. The highest BCUT2D eigenvalue weighted by Gasteiger charge is 2.26. The highest BCUT2D eigenvalue weighted by Crippen LogP contribution is 2.23. The van der Waals surface area contributed by atoms with Gasteiger partial charge >= 0.3 is 0 Å². The van der Waals surface area contributed by atoms with Crippen molar-refractivity contribution >= 4 is 5.91 Å². The van der Waals surface area contributed by atoms with Crippen LogP contribution in [0.2, 0.25) is 0 Å². The summed E-state index contributed by atoms with van der Waals surface area (Å²) < 4.78 is 13.0. The van der Waals surface area contributed by atoms with Gasteiger partial charge in [0.25, 0.3) is 5.91 Å². The molecular weight excluding hydrogens is 271 g/mol. The Hall–Kier alpha value is -2.21. The van der Waals surface area contributed by atoms with Gasteiger partial charge in [-0.25, -0.2) is 4.39 Å². The monoisotopic (exact) mass is 288 g/mol. The molecule has 1 unspecified atom stereocenters. The van der Waals surface area contributed by atoms with E-state index in [9.17, 15) is 9.18 Å². The number of H-pyrrole nitrogens is 1. The average Bonchev–Trinajstić information content (AvgIpc) is 3.17. The van der Waals surface area contributed by atoms with Gasteiger partial charge in [-0.05, 0) is 37.2 Å². The third-order valence-corrected chi connectivity index (χ3v) is 3.91. The van der Waals surface area contributed by atoms with E-state index >= 15 is 0 Å². The summed E-state index contributed by atoms with van der Waals surface area (Å²) in [4.78, 5) is 14.4. The number of carbonyl (C=O) groups is 1. The summed E-state index contributed by atoms with van der Waals surface area (Å²) in [5.41, 5.74) is 1.88. The molecule has 1 aromatic heterocycles. The molecule has 0 bridgehead atoms. The molecule has 21 heavy (non-hydrogen) atoms. The number of halogens is 1. The molecule has 2 aromatic rings. The van der Waals surface area contributed by atoms with Crippen molar-refractivity contribution in [3.8, 4) is 11.3 Å². The highest BCUT2D eigenvalue weighted by atomic mass is 19.1. The Balaban J connectivity index is 1.87. The molecule has 1 atom stereocenters. The van der Waals surface area contributed by atoms with Gasteiger partial charge in [0.05, 0.1) is 17.5 Å². The van der Waals surface area contributed by atoms with E-state index in [1.165, 1.54) is 18.3 Å². The van der Waals surface area contributed by atoms with Gasteiger partial charge < -0.3 is 10.2 Å². The number of hydrogen-bond donors (Lipinski definition) is 2. The number of hydrogen-bond acceptors (Lipinski definition) is 3. The third kappa shape index (κ3) is 2.67. The molecule has 1 aromatic carbocycles. The van der Waals surface area contributed by atoms with Crippen molar-refractivity contribution in [1.82, 2.24) is 20.4 Å². The van der Waals surface area contributed by atoms with Gasteiger partial charge in [0.1, 0.15) is 5.82 Å². The second kappa shape index (κ2) is 5.65. The predicted molar refractivity (Wildman–Crippen MR) is 77.3 cm³/mol. The fourth-order valence-electron chi connectivity index (χ4n) is 2.61. The van der Waals surface area contributed by atoms with E-state index in [1.54, 1.807) is 24.1 Å². The van der Waals surface area contributed by atoms with Gasteiger partial charge in [0.2, 0.25) is 0 Å². The van der Waals surface area contributed by atoms with Gasteiger partial charge in [0, 0.05) is 25.2 Å². The van der Waals surface area contributed by atoms with E-state index in [0.29, 0.717) is 11.3 Å². The molecule has 1 saturated heterocycles. The van der Waals surface area contributed by atoms with Crippen LogP contribution in [-0.4, -0.2) is 47.2 Å². The Morgan fingerprint density at radius 3 is 2.81 bits per heavy atom. The van der Waals surface area contributed by atoms with Crippen LogP contribution in [0.5, 0.6) is 0 Å². The summed E-state index contributed by atoms with van der Waals surface area (Å²) in [7, 11) is 1.81. The van der Waals surface area contributed by atoms with Crippen molar-refractivity contribution in [2.24, 2.45) is 0 Å². The topological polar surface area (TPSA) is 61.0 Å². The van der Waals surface area contributed by atoms with E-state index in [0.717, 1.165) is 25.1 Å². The summed E-state index contributed by atoms with van der Waals surface area (Å²) in [5, 5.41) is 10.0. The van der Waals surface area contributed by atoms with Crippen LogP contribution in [0.3, 0.4) is 0 Å². The molecular formula is C15H17FN4O. The van der Waals surface area contributed by atoms with Gasteiger partial charge in [-0.1, -0.05) is 0 Å². The Morgan fingerprint density at radius 2 is 2.14 bits per heavy atom. The Labute approximate surface area is 122 Å². The lowest BCUT2D eigenvalue weighted by atomic mass is 10.1. The van der Waals surface area contributed by atoms with Crippen LogP contribution >= 0.6 is 0 Å². The molecule has 1 aliphatic heterocycles. The maximum Gasteiger partial charge on any atom is 0.257 e. The Kier molecular flexibility index (Phi) is 3.70. The molecule has 6 heteroatoms. The summed E-state index contributed by atoms with van der Waals surface area (Å²) in [6, 6.07) is 6.21. The van der Waals surface area contributed by atoms with E-state index < -0.39 is 0 Å². The SMILES string of the molecule is CN(C(=O)c1cn[nH]c1-c1ccc(F)cc1)C1CCNC1. The lowest BCUT2D eigenvalue weighted by Crippen LogP contribution is -2.38. The fourth-order valence-corrected chi connectivity index (χ4v) is 2.61. The number of aromatic amines is 1. The van der Waals surface area contributed by atoms with Crippen molar-refractivity contribution in [2.75, 3.05) is 20.1 Å². The second-order valence-electron chi connectivity index (χ2n) is 5.23. The molecule has 0 spiro atoms. The first-order valence-electron chi connectivity index (χ1n) is 6.94.